The Kier molecular flexibility index (Phi) is 2.69. The second-order valence-corrected chi connectivity index (χ2v) is 3.34. The molecular formula is C8H17NO. The SMILES string of the molecule is COC1CNCC1C(C)C. The lowest BCUT2D eigenvalue weighted by Gasteiger charge is -2.19. The molecular weight excluding hydrogens is 126 g/mol. The van der Waals surface area contributed by atoms with E-state index in [1.165, 1.54) is 0 Å². The lowest BCUT2D eigenvalue weighted by Crippen LogP contribution is -2.24. The third kappa shape index (κ3) is 1.50. The largest absolute Gasteiger partial charge is 0.380 e. The smallest absolute Gasteiger partial charge is 0.0738 e. The van der Waals surface area contributed by atoms with Crippen molar-refractivity contribution in [1.82, 2.24) is 5.32 Å². The van der Waals surface area contributed by atoms with E-state index in [1.54, 1.807) is 7.11 Å². The summed E-state index contributed by atoms with van der Waals surface area (Å²) in [6.07, 6.45) is 0.444. The number of nitrogens with one attached hydrogen (secondary N) is 1. The van der Waals surface area contributed by atoms with E-state index in [0.717, 1.165) is 19.0 Å². The lowest BCUT2D eigenvalue weighted by atomic mass is 9.93. The minimum absolute atomic E-state index is 0.444. The van der Waals surface area contributed by atoms with E-state index in [0.29, 0.717) is 12.0 Å². The van der Waals surface area contributed by atoms with Gasteiger partial charge in [-0.15, -0.1) is 0 Å². The molecule has 1 fully saturated rings. The van der Waals surface area contributed by atoms with Crippen LogP contribution >= 0.6 is 0 Å². The Morgan fingerprint density at radius 2 is 2.10 bits per heavy atom. The van der Waals surface area contributed by atoms with Crippen LogP contribution in [0, 0.1) is 11.8 Å². The van der Waals surface area contributed by atoms with Gasteiger partial charge < -0.3 is 10.1 Å². The van der Waals surface area contributed by atoms with E-state index < -0.39 is 0 Å². The van der Waals surface area contributed by atoms with Gasteiger partial charge in [0, 0.05) is 26.1 Å². The van der Waals surface area contributed by atoms with Gasteiger partial charge in [-0.1, -0.05) is 13.8 Å². The zero-order valence-electron chi connectivity index (χ0n) is 7.05. The Bertz CT molecular complexity index is 103. The Morgan fingerprint density at radius 3 is 2.50 bits per heavy atom. The van der Waals surface area contributed by atoms with Gasteiger partial charge in [0.25, 0.3) is 0 Å². The van der Waals surface area contributed by atoms with Crippen LogP contribution in [-0.2, 0) is 4.74 Å². The molecule has 1 heterocycles. The quantitative estimate of drug-likeness (QED) is 0.619. The minimum atomic E-state index is 0.444. The van der Waals surface area contributed by atoms with Crippen molar-refractivity contribution in [3.05, 3.63) is 0 Å². The van der Waals surface area contributed by atoms with E-state index in [1.807, 2.05) is 0 Å². The van der Waals surface area contributed by atoms with Crippen LogP contribution < -0.4 is 5.32 Å². The molecule has 2 nitrogen and oxygen atoms in total. The zero-order valence-corrected chi connectivity index (χ0v) is 7.05. The summed E-state index contributed by atoms with van der Waals surface area (Å²) in [6.45, 7) is 6.66. The summed E-state index contributed by atoms with van der Waals surface area (Å²) in [4.78, 5) is 0. The average Bonchev–Trinajstić information content (AvgIpc) is 2.33. The molecule has 0 spiro atoms. The standard InChI is InChI=1S/C8H17NO/c1-6(2)7-4-9-5-8(7)10-3/h6-9H,4-5H2,1-3H3. The van der Waals surface area contributed by atoms with Crippen LogP contribution in [0.2, 0.25) is 0 Å². The summed E-state index contributed by atoms with van der Waals surface area (Å²) in [5.74, 6) is 1.45. The molecule has 0 bridgehead atoms. The fraction of sp³-hybridized carbons (Fsp3) is 1.00. The molecule has 0 aromatic carbocycles. The van der Waals surface area contributed by atoms with E-state index in [4.69, 9.17) is 4.74 Å². The second kappa shape index (κ2) is 3.35. The van der Waals surface area contributed by atoms with E-state index in [2.05, 4.69) is 19.2 Å². The number of hydrogen-bond acceptors (Lipinski definition) is 2. The first-order valence-corrected chi connectivity index (χ1v) is 3.99. The molecule has 1 aliphatic heterocycles. The van der Waals surface area contributed by atoms with Crippen LogP contribution in [0.1, 0.15) is 13.8 Å². The van der Waals surface area contributed by atoms with Crippen molar-refractivity contribution in [2.75, 3.05) is 20.2 Å². The molecule has 60 valence electrons. The molecule has 0 aliphatic carbocycles. The highest BCUT2D eigenvalue weighted by Gasteiger charge is 2.28. The molecule has 10 heavy (non-hydrogen) atoms. The molecule has 2 unspecified atom stereocenters. The molecule has 1 saturated heterocycles. The normalized spacial score (nSPS) is 33.6. The van der Waals surface area contributed by atoms with E-state index in [9.17, 15) is 0 Å². The van der Waals surface area contributed by atoms with Gasteiger partial charge in [0.1, 0.15) is 0 Å². The van der Waals surface area contributed by atoms with Gasteiger partial charge in [-0.2, -0.15) is 0 Å². The summed E-state index contributed by atoms with van der Waals surface area (Å²) in [5, 5.41) is 3.33. The predicted octanol–water partition coefficient (Wildman–Crippen LogP) is 0.877. The zero-order chi connectivity index (χ0) is 7.56. The Balaban J connectivity index is 2.42. The molecule has 2 atom stereocenters. The lowest BCUT2D eigenvalue weighted by molar-refractivity contribution is 0.0664. The summed E-state index contributed by atoms with van der Waals surface area (Å²) < 4.78 is 5.32. The maximum Gasteiger partial charge on any atom is 0.0738 e. The van der Waals surface area contributed by atoms with Crippen LogP contribution in [-0.4, -0.2) is 26.3 Å². The number of methoxy groups -OCH3 is 1. The third-order valence-electron chi connectivity index (χ3n) is 2.36. The van der Waals surface area contributed by atoms with Gasteiger partial charge in [-0.05, 0) is 5.92 Å². The van der Waals surface area contributed by atoms with Crippen molar-refractivity contribution in [1.29, 1.82) is 0 Å². The summed E-state index contributed by atoms with van der Waals surface area (Å²) in [5.41, 5.74) is 0. The molecule has 1 N–H and O–H groups in total. The molecule has 1 aliphatic rings. The first kappa shape index (κ1) is 8.02. The summed E-state index contributed by atoms with van der Waals surface area (Å²) in [7, 11) is 1.80. The van der Waals surface area contributed by atoms with Crippen LogP contribution in [0.5, 0.6) is 0 Å². The monoisotopic (exact) mass is 143 g/mol. The van der Waals surface area contributed by atoms with Gasteiger partial charge in [0.2, 0.25) is 0 Å². The van der Waals surface area contributed by atoms with Crippen molar-refractivity contribution in [2.24, 2.45) is 11.8 Å². The van der Waals surface area contributed by atoms with Crippen molar-refractivity contribution in [3.63, 3.8) is 0 Å². The number of rotatable bonds is 2. The van der Waals surface area contributed by atoms with Gasteiger partial charge >= 0.3 is 0 Å². The fourth-order valence-corrected chi connectivity index (χ4v) is 1.60. The Morgan fingerprint density at radius 1 is 1.40 bits per heavy atom. The van der Waals surface area contributed by atoms with Crippen LogP contribution in [0.3, 0.4) is 0 Å². The van der Waals surface area contributed by atoms with Crippen LogP contribution in [0.25, 0.3) is 0 Å². The highest BCUT2D eigenvalue weighted by atomic mass is 16.5. The first-order valence-electron chi connectivity index (χ1n) is 3.99. The Labute approximate surface area is 63.0 Å². The van der Waals surface area contributed by atoms with Crippen molar-refractivity contribution in [2.45, 2.75) is 20.0 Å². The topological polar surface area (TPSA) is 21.3 Å². The number of hydrogen-bond donors (Lipinski definition) is 1. The number of ether oxygens (including phenoxy) is 1. The van der Waals surface area contributed by atoms with Crippen LogP contribution in [0.15, 0.2) is 0 Å². The Hall–Kier alpha value is -0.0800. The minimum Gasteiger partial charge on any atom is -0.380 e. The molecule has 0 radical (unpaired) electrons. The molecule has 1 rings (SSSR count). The molecule has 0 aromatic heterocycles. The van der Waals surface area contributed by atoms with Gasteiger partial charge in [-0.25, -0.2) is 0 Å². The van der Waals surface area contributed by atoms with E-state index in [-0.39, 0.29) is 0 Å². The summed E-state index contributed by atoms with van der Waals surface area (Å²) >= 11 is 0. The van der Waals surface area contributed by atoms with Crippen molar-refractivity contribution in [3.8, 4) is 0 Å². The van der Waals surface area contributed by atoms with Crippen molar-refractivity contribution >= 4 is 0 Å². The van der Waals surface area contributed by atoms with Crippen molar-refractivity contribution < 1.29 is 4.74 Å². The molecule has 2 heteroatoms. The fourth-order valence-electron chi connectivity index (χ4n) is 1.60. The summed E-state index contributed by atoms with van der Waals surface area (Å²) in [6, 6.07) is 0. The van der Waals surface area contributed by atoms with Gasteiger partial charge in [0.15, 0.2) is 0 Å². The van der Waals surface area contributed by atoms with Gasteiger partial charge in [-0.3, -0.25) is 0 Å². The predicted molar refractivity (Wildman–Crippen MR) is 42.0 cm³/mol. The highest BCUT2D eigenvalue weighted by Crippen LogP contribution is 2.20. The van der Waals surface area contributed by atoms with Crippen LogP contribution in [0.4, 0.5) is 0 Å². The molecule has 0 saturated carbocycles. The average molecular weight is 143 g/mol. The second-order valence-electron chi connectivity index (χ2n) is 3.34. The maximum absolute atomic E-state index is 5.32. The van der Waals surface area contributed by atoms with E-state index >= 15 is 0 Å². The maximum atomic E-state index is 5.32. The molecule has 0 aromatic rings. The highest BCUT2D eigenvalue weighted by molar-refractivity contribution is 4.83. The van der Waals surface area contributed by atoms with Gasteiger partial charge in [0.05, 0.1) is 6.10 Å². The third-order valence-corrected chi connectivity index (χ3v) is 2.36. The molecule has 0 amide bonds. The first-order chi connectivity index (χ1) is 4.75.